The van der Waals surface area contributed by atoms with Crippen LogP contribution in [-0.4, -0.2) is 41.9 Å². The van der Waals surface area contributed by atoms with Crippen LogP contribution in [0, 0.1) is 0 Å². The standard InChI is InChI=1S/C17H17NO5S/c1-23-17(22)12-7-6-10-4-2-3-5-11(10)14(12)15(19)18-13(8-9-24)16(20)21/h2-7,13,24H,8-9H2,1H3,(H,18,19)(H,20,21)/t13-/m0/s1. The molecule has 0 spiro atoms. The summed E-state index contributed by atoms with van der Waals surface area (Å²) in [5.41, 5.74) is 0.189. The van der Waals surface area contributed by atoms with Crippen LogP contribution in [0.15, 0.2) is 36.4 Å². The normalized spacial score (nSPS) is 11.8. The molecule has 0 heterocycles. The van der Waals surface area contributed by atoms with Crippen LogP contribution >= 0.6 is 12.6 Å². The summed E-state index contributed by atoms with van der Waals surface area (Å²) in [6.07, 6.45) is 0.169. The average molecular weight is 347 g/mol. The fraction of sp³-hybridized carbons (Fsp3) is 0.235. The lowest BCUT2D eigenvalue weighted by atomic mass is 9.97. The van der Waals surface area contributed by atoms with E-state index in [9.17, 15) is 19.5 Å². The van der Waals surface area contributed by atoms with E-state index in [1.807, 2.05) is 6.07 Å². The number of nitrogens with one attached hydrogen (secondary N) is 1. The maximum atomic E-state index is 12.7. The Balaban J connectivity index is 2.53. The third-order valence-corrected chi connectivity index (χ3v) is 3.84. The van der Waals surface area contributed by atoms with E-state index in [1.54, 1.807) is 24.3 Å². The van der Waals surface area contributed by atoms with Gasteiger partial charge in [0.25, 0.3) is 5.91 Å². The van der Waals surface area contributed by atoms with E-state index < -0.39 is 23.9 Å². The summed E-state index contributed by atoms with van der Waals surface area (Å²) in [5, 5.41) is 13.0. The zero-order chi connectivity index (χ0) is 17.7. The van der Waals surface area contributed by atoms with E-state index in [-0.39, 0.29) is 17.5 Å². The number of thiol groups is 1. The van der Waals surface area contributed by atoms with Gasteiger partial charge in [0.2, 0.25) is 0 Å². The molecular weight excluding hydrogens is 330 g/mol. The Kier molecular flexibility index (Phi) is 5.81. The zero-order valence-corrected chi connectivity index (χ0v) is 13.9. The van der Waals surface area contributed by atoms with Crippen molar-refractivity contribution in [1.82, 2.24) is 5.32 Å². The third kappa shape index (κ3) is 3.68. The van der Waals surface area contributed by atoms with Crippen LogP contribution in [0.5, 0.6) is 0 Å². The summed E-state index contributed by atoms with van der Waals surface area (Å²) in [6.45, 7) is 0. The van der Waals surface area contributed by atoms with Crippen molar-refractivity contribution in [2.45, 2.75) is 12.5 Å². The number of hydrogen-bond donors (Lipinski definition) is 3. The minimum atomic E-state index is -1.16. The van der Waals surface area contributed by atoms with Gasteiger partial charge in [-0.1, -0.05) is 30.3 Å². The third-order valence-electron chi connectivity index (χ3n) is 3.58. The summed E-state index contributed by atoms with van der Waals surface area (Å²) in [6, 6.07) is 9.17. The number of rotatable bonds is 6. The smallest absolute Gasteiger partial charge is 0.338 e. The summed E-state index contributed by atoms with van der Waals surface area (Å²) in [5.74, 6) is -2.15. The SMILES string of the molecule is COC(=O)c1ccc2ccccc2c1C(=O)N[C@@H](CCS)C(=O)O. The molecule has 7 heteroatoms. The summed E-state index contributed by atoms with van der Waals surface area (Å²) in [4.78, 5) is 35.9. The number of hydrogen-bond acceptors (Lipinski definition) is 5. The molecule has 1 amide bonds. The van der Waals surface area contributed by atoms with Gasteiger partial charge in [-0.3, -0.25) is 4.79 Å². The molecule has 0 saturated heterocycles. The van der Waals surface area contributed by atoms with Gasteiger partial charge >= 0.3 is 11.9 Å². The van der Waals surface area contributed by atoms with E-state index >= 15 is 0 Å². The molecule has 0 saturated carbocycles. The van der Waals surface area contributed by atoms with Gasteiger partial charge in [-0.15, -0.1) is 0 Å². The van der Waals surface area contributed by atoms with Crippen molar-refractivity contribution in [3.8, 4) is 0 Å². The number of benzene rings is 2. The molecule has 126 valence electrons. The van der Waals surface area contributed by atoms with Gasteiger partial charge < -0.3 is 15.2 Å². The molecular formula is C17H17NO5S. The molecule has 6 nitrogen and oxygen atoms in total. The van der Waals surface area contributed by atoms with Gasteiger partial charge in [0, 0.05) is 0 Å². The second-order valence-corrected chi connectivity index (χ2v) is 5.52. The minimum Gasteiger partial charge on any atom is -0.480 e. The molecule has 0 aromatic heterocycles. The van der Waals surface area contributed by atoms with Crippen LogP contribution in [0.25, 0.3) is 10.8 Å². The average Bonchev–Trinajstić information content (AvgIpc) is 2.59. The number of fused-ring (bicyclic) bond motifs is 1. The van der Waals surface area contributed by atoms with Crippen LogP contribution in [-0.2, 0) is 9.53 Å². The van der Waals surface area contributed by atoms with Crippen molar-refractivity contribution < 1.29 is 24.2 Å². The monoisotopic (exact) mass is 347 g/mol. The highest BCUT2D eigenvalue weighted by molar-refractivity contribution is 7.80. The predicted octanol–water partition coefficient (Wildman–Crippen LogP) is 2.13. The van der Waals surface area contributed by atoms with Crippen molar-refractivity contribution in [2.24, 2.45) is 0 Å². The first-order valence-corrected chi connectivity index (χ1v) is 7.87. The number of aliphatic carboxylic acids is 1. The molecule has 0 radical (unpaired) electrons. The van der Waals surface area contributed by atoms with Crippen LogP contribution in [0.1, 0.15) is 27.1 Å². The summed E-state index contributed by atoms with van der Waals surface area (Å²) in [7, 11) is 1.22. The van der Waals surface area contributed by atoms with Crippen molar-refractivity contribution >= 4 is 41.2 Å². The van der Waals surface area contributed by atoms with Gasteiger partial charge in [0.05, 0.1) is 18.2 Å². The molecule has 0 bridgehead atoms. The van der Waals surface area contributed by atoms with Gasteiger partial charge in [0.15, 0.2) is 0 Å². The number of ether oxygens (including phenoxy) is 1. The molecule has 0 aliphatic rings. The topological polar surface area (TPSA) is 92.7 Å². The summed E-state index contributed by atoms with van der Waals surface area (Å²) < 4.78 is 4.73. The largest absolute Gasteiger partial charge is 0.480 e. The number of methoxy groups -OCH3 is 1. The zero-order valence-electron chi connectivity index (χ0n) is 13.0. The molecule has 24 heavy (non-hydrogen) atoms. The maximum absolute atomic E-state index is 12.7. The number of carboxylic acid groups (broad SMARTS) is 1. The van der Waals surface area contributed by atoms with Crippen molar-refractivity contribution in [2.75, 3.05) is 12.9 Å². The van der Waals surface area contributed by atoms with Crippen LogP contribution in [0.4, 0.5) is 0 Å². The fourth-order valence-electron chi connectivity index (χ4n) is 2.41. The first kappa shape index (κ1) is 17.8. The Morgan fingerprint density at radius 2 is 1.92 bits per heavy atom. The second kappa shape index (κ2) is 7.83. The number of amides is 1. The van der Waals surface area contributed by atoms with E-state index in [0.717, 1.165) is 5.39 Å². The Hall–Kier alpha value is -2.54. The fourth-order valence-corrected chi connectivity index (χ4v) is 2.67. The molecule has 0 fully saturated rings. The van der Waals surface area contributed by atoms with E-state index in [2.05, 4.69) is 17.9 Å². The molecule has 1 atom stereocenters. The second-order valence-electron chi connectivity index (χ2n) is 5.08. The number of carbonyl (C=O) groups excluding carboxylic acids is 2. The lowest BCUT2D eigenvalue weighted by Gasteiger charge is -2.16. The van der Waals surface area contributed by atoms with Crippen LogP contribution < -0.4 is 5.32 Å². The first-order valence-electron chi connectivity index (χ1n) is 7.24. The molecule has 0 aliphatic carbocycles. The van der Waals surface area contributed by atoms with Crippen molar-refractivity contribution in [3.05, 3.63) is 47.5 Å². The first-order chi connectivity index (χ1) is 11.5. The molecule has 2 rings (SSSR count). The lowest BCUT2D eigenvalue weighted by Crippen LogP contribution is -2.41. The molecule has 2 N–H and O–H groups in total. The molecule has 2 aromatic carbocycles. The summed E-state index contributed by atoms with van der Waals surface area (Å²) >= 11 is 4.00. The highest BCUT2D eigenvalue weighted by atomic mass is 32.1. The minimum absolute atomic E-state index is 0.0868. The van der Waals surface area contributed by atoms with E-state index in [1.165, 1.54) is 13.2 Å². The highest BCUT2D eigenvalue weighted by Gasteiger charge is 2.25. The lowest BCUT2D eigenvalue weighted by molar-refractivity contribution is -0.139. The van der Waals surface area contributed by atoms with Crippen molar-refractivity contribution in [1.29, 1.82) is 0 Å². The van der Waals surface area contributed by atoms with Gasteiger partial charge in [0.1, 0.15) is 6.04 Å². The van der Waals surface area contributed by atoms with Crippen molar-refractivity contribution in [3.63, 3.8) is 0 Å². The Labute approximate surface area is 144 Å². The predicted molar refractivity (Wildman–Crippen MR) is 92.6 cm³/mol. The van der Waals surface area contributed by atoms with E-state index in [0.29, 0.717) is 11.1 Å². The Bertz CT molecular complexity index is 790. The molecule has 0 unspecified atom stereocenters. The Morgan fingerprint density at radius 3 is 2.54 bits per heavy atom. The quantitative estimate of drug-likeness (QED) is 0.550. The number of carbonyl (C=O) groups is 3. The van der Waals surface area contributed by atoms with E-state index in [4.69, 9.17) is 4.74 Å². The molecule has 2 aromatic rings. The van der Waals surface area contributed by atoms with Crippen LogP contribution in [0.3, 0.4) is 0 Å². The van der Waals surface area contributed by atoms with Gasteiger partial charge in [-0.05, 0) is 29.0 Å². The Morgan fingerprint density at radius 1 is 1.21 bits per heavy atom. The number of carboxylic acids is 1. The highest BCUT2D eigenvalue weighted by Crippen LogP contribution is 2.23. The maximum Gasteiger partial charge on any atom is 0.338 e. The van der Waals surface area contributed by atoms with Gasteiger partial charge in [-0.2, -0.15) is 12.6 Å². The number of esters is 1. The molecule has 0 aliphatic heterocycles. The van der Waals surface area contributed by atoms with Crippen LogP contribution in [0.2, 0.25) is 0 Å². The van der Waals surface area contributed by atoms with Gasteiger partial charge in [-0.25, -0.2) is 9.59 Å².